The summed E-state index contributed by atoms with van der Waals surface area (Å²) in [7, 11) is 0. The van der Waals surface area contributed by atoms with Gasteiger partial charge in [-0.3, -0.25) is 9.59 Å². The van der Waals surface area contributed by atoms with Crippen LogP contribution in [0.4, 0.5) is 4.39 Å². The van der Waals surface area contributed by atoms with E-state index < -0.39 is 10.7 Å². The quantitative estimate of drug-likeness (QED) is 0.400. The third kappa shape index (κ3) is 4.44. The molecule has 0 aromatic heterocycles. The van der Waals surface area contributed by atoms with Gasteiger partial charge in [-0.05, 0) is 50.8 Å². The fraction of sp³-hybridized carbons (Fsp3) is 0.400. The van der Waals surface area contributed by atoms with Gasteiger partial charge in [0.1, 0.15) is 5.82 Å². The Morgan fingerprint density at radius 3 is 2.58 bits per heavy atom. The number of carbonyl (C=O) groups excluding carboxylic acids is 2. The van der Waals surface area contributed by atoms with E-state index >= 15 is 0 Å². The van der Waals surface area contributed by atoms with Crippen LogP contribution in [0.5, 0.6) is 0 Å². The molecule has 4 heteroatoms. The van der Waals surface area contributed by atoms with Crippen LogP contribution in [-0.2, 0) is 16.0 Å². The van der Waals surface area contributed by atoms with Crippen LogP contribution in [0, 0.1) is 11.7 Å². The average molecular weight is 346 g/mol. The van der Waals surface area contributed by atoms with Gasteiger partial charge < -0.3 is 0 Å². The minimum absolute atomic E-state index is 0.000446. The number of carbonyl (C=O) groups is 2. The molecule has 0 amide bonds. The summed E-state index contributed by atoms with van der Waals surface area (Å²) in [5, 5.41) is -0.0302. The Labute approximate surface area is 147 Å². The van der Waals surface area contributed by atoms with Gasteiger partial charge in [0.05, 0.1) is 10.7 Å². The van der Waals surface area contributed by atoms with Crippen LogP contribution in [0.2, 0.25) is 0 Å². The van der Waals surface area contributed by atoms with E-state index in [0.29, 0.717) is 6.42 Å². The predicted molar refractivity (Wildman–Crippen MR) is 97.4 cm³/mol. The van der Waals surface area contributed by atoms with E-state index in [1.807, 2.05) is 19.9 Å². The van der Waals surface area contributed by atoms with E-state index in [4.69, 9.17) is 0 Å². The predicted octanol–water partition coefficient (Wildman–Crippen LogP) is 4.89. The largest absolute Gasteiger partial charge is 0.297 e. The molecular formula is C20H23FO2S. The average Bonchev–Trinajstić information content (AvgIpc) is 2.75. The van der Waals surface area contributed by atoms with Gasteiger partial charge in [-0.2, -0.15) is 0 Å². The first-order valence-electron chi connectivity index (χ1n) is 8.19. The van der Waals surface area contributed by atoms with Crippen molar-refractivity contribution < 1.29 is 14.0 Å². The first-order valence-corrected chi connectivity index (χ1v) is 9.01. The van der Waals surface area contributed by atoms with Crippen molar-refractivity contribution in [3.05, 3.63) is 60.0 Å². The highest BCUT2D eigenvalue weighted by Crippen LogP contribution is 2.43. The number of rotatable bonds is 7. The second-order valence-electron chi connectivity index (χ2n) is 6.41. The molecule has 1 aromatic rings. The molecule has 128 valence electrons. The molecule has 0 saturated carbocycles. The molecule has 1 fully saturated rings. The van der Waals surface area contributed by atoms with Crippen LogP contribution in [-0.4, -0.2) is 15.6 Å². The van der Waals surface area contributed by atoms with Crippen molar-refractivity contribution in [2.75, 3.05) is 0 Å². The van der Waals surface area contributed by atoms with Crippen molar-refractivity contribution in [1.82, 2.24) is 0 Å². The Morgan fingerprint density at radius 1 is 1.29 bits per heavy atom. The van der Waals surface area contributed by atoms with Gasteiger partial charge in [-0.1, -0.05) is 54.6 Å². The molecule has 0 radical (unpaired) electrons. The molecule has 1 aliphatic heterocycles. The highest BCUT2D eigenvalue weighted by atomic mass is 32.2. The molecule has 1 unspecified atom stereocenters. The topological polar surface area (TPSA) is 34.1 Å². The number of aryl methyl sites for hydroxylation is 1. The van der Waals surface area contributed by atoms with Crippen LogP contribution in [0.25, 0.3) is 0 Å². The Hall–Kier alpha value is -1.68. The number of ketones is 1. The number of thioether (sulfide) groups is 1. The van der Waals surface area contributed by atoms with Gasteiger partial charge in [0.15, 0.2) is 5.78 Å². The summed E-state index contributed by atoms with van der Waals surface area (Å²) in [5.74, 6) is -0.748. The number of hydrogen-bond acceptors (Lipinski definition) is 3. The van der Waals surface area contributed by atoms with E-state index in [9.17, 15) is 14.0 Å². The van der Waals surface area contributed by atoms with Crippen molar-refractivity contribution >= 4 is 22.7 Å². The number of allylic oxidation sites excluding steroid dienone is 2. The summed E-state index contributed by atoms with van der Waals surface area (Å²) >= 11 is 1.13. The second-order valence-corrected chi connectivity index (χ2v) is 7.86. The number of Topliss-reactive ketones (excluding diaryl/α,β-unsaturated/α-hetero) is 1. The van der Waals surface area contributed by atoms with Gasteiger partial charge in [0, 0.05) is 0 Å². The zero-order valence-corrected chi connectivity index (χ0v) is 15.0. The lowest BCUT2D eigenvalue weighted by Crippen LogP contribution is -2.28. The van der Waals surface area contributed by atoms with Gasteiger partial charge in [0.2, 0.25) is 5.12 Å². The maximum absolute atomic E-state index is 12.9. The molecule has 1 aliphatic rings. The zero-order chi connectivity index (χ0) is 17.7. The van der Waals surface area contributed by atoms with E-state index in [1.165, 1.54) is 12.1 Å². The van der Waals surface area contributed by atoms with Gasteiger partial charge in [0.25, 0.3) is 0 Å². The summed E-state index contributed by atoms with van der Waals surface area (Å²) in [6.07, 6.45) is 6.63. The van der Waals surface area contributed by atoms with Crippen molar-refractivity contribution in [2.24, 2.45) is 5.92 Å². The van der Waals surface area contributed by atoms with E-state index in [2.05, 4.69) is 6.58 Å². The van der Waals surface area contributed by atoms with Crippen LogP contribution in [0.1, 0.15) is 38.7 Å². The lowest BCUT2D eigenvalue weighted by atomic mass is 9.89. The fourth-order valence-corrected chi connectivity index (χ4v) is 4.23. The van der Waals surface area contributed by atoms with Crippen LogP contribution < -0.4 is 0 Å². The van der Waals surface area contributed by atoms with Crippen molar-refractivity contribution in [1.29, 1.82) is 0 Å². The Kier molecular flexibility index (Phi) is 6.16. The molecule has 0 N–H and O–H groups in total. The molecule has 2 rings (SSSR count). The Bertz CT molecular complexity index is 663. The van der Waals surface area contributed by atoms with E-state index in [1.54, 1.807) is 18.2 Å². The normalized spacial score (nSPS) is 24.5. The first kappa shape index (κ1) is 18.7. The molecule has 0 bridgehead atoms. The molecule has 0 spiro atoms. The number of halogens is 1. The maximum atomic E-state index is 12.9. The summed E-state index contributed by atoms with van der Waals surface area (Å²) in [6, 6.07) is 6.46. The first-order chi connectivity index (χ1) is 11.4. The van der Waals surface area contributed by atoms with Crippen molar-refractivity contribution in [2.45, 2.75) is 44.3 Å². The van der Waals surface area contributed by atoms with Gasteiger partial charge >= 0.3 is 0 Å². The third-order valence-electron chi connectivity index (χ3n) is 4.35. The van der Waals surface area contributed by atoms with Gasteiger partial charge in [-0.15, -0.1) is 0 Å². The SMILES string of the molecule is C=CC(C)=C[C@@]1(C)SC(=O)C(CCCCc2ccc(F)cc2)C1=O. The third-order valence-corrected chi connectivity index (χ3v) is 5.58. The molecule has 1 heterocycles. The summed E-state index contributed by atoms with van der Waals surface area (Å²) in [5.41, 5.74) is 1.98. The smallest absolute Gasteiger partial charge is 0.200 e. The van der Waals surface area contributed by atoms with Crippen molar-refractivity contribution in [3.8, 4) is 0 Å². The maximum Gasteiger partial charge on any atom is 0.200 e. The summed E-state index contributed by atoms with van der Waals surface area (Å²) in [4.78, 5) is 24.8. The molecule has 1 aromatic carbocycles. The van der Waals surface area contributed by atoms with E-state index in [-0.39, 0.29) is 16.7 Å². The lowest BCUT2D eigenvalue weighted by Gasteiger charge is -2.16. The highest BCUT2D eigenvalue weighted by Gasteiger charge is 2.48. The minimum Gasteiger partial charge on any atom is -0.297 e. The lowest BCUT2D eigenvalue weighted by molar-refractivity contribution is -0.127. The van der Waals surface area contributed by atoms with Gasteiger partial charge in [-0.25, -0.2) is 4.39 Å². The van der Waals surface area contributed by atoms with Crippen molar-refractivity contribution in [3.63, 3.8) is 0 Å². The molecule has 2 atom stereocenters. The van der Waals surface area contributed by atoms with Crippen LogP contribution >= 0.6 is 11.8 Å². The monoisotopic (exact) mass is 346 g/mol. The molecular weight excluding hydrogens is 323 g/mol. The van der Waals surface area contributed by atoms with Crippen LogP contribution in [0.3, 0.4) is 0 Å². The highest BCUT2D eigenvalue weighted by molar-refractivity contribution is 8.16. The Balaban J connectivity index is 1.88. The van der Waals surface area contributed by atoms with Crippen LogP contribution in [0.15, 0.2) is 48.6 Å². The summed E-state index contributed by atoms with van der Waals surface area (Å²) < 4.78 is 12.1. The fourth-order valence-electron chi connectivity index (χ4n) is 2.95. The minimum atomic E-state index is -0.767. The Morgan fingerprint density at radius 2 is 1.96 bits per heavy atom. The standard InChI is InChI=1S/C20H23FO2S/c1-4-14(2)13-20(3)18(22)17(19(23)24-20)8-6-5-7-15-9-11-16(21)12-10-15/h4,9-13,17H,1,5-8H2,2-3H3/t17?,20-/m1/s1. The number of benzene rings is 1. The summed E-state index contributed by atoms with van der Waals surface area (Å²) in [6.45, 7) is 7.38. The molecule has 0 aliphatic carbocycles. The molecule has 1 saturated heterocycles. The second kappa shape index (κ2) is 7.93. The number of unbranched alkanes of at least 4 members (excludes halogenated alkanes) is 1. The molecule has 24 heavy (non-hydrogen) atoms. The zero-order valence-electron chi connectivity index (χ0n) is 14.2. The molecule has 2 nitrogen and oxygen atoms in total. The number of hydrogen-bond donors (Lipinski definition) is 0. The van der Waals surface area contributed by atoms with E-state index in [0.717, 1.165) is 42.2 Å².